The maximum Gasteiger partial charge on any atom is 0.407 e. The van der Waals surface area contributed by atoms with Crippen molar-refractivity contribution >= 4 is 18.0 Å². The molecule has 2 aromatic carbocycles. The number of carbonyl (C=O) groups is 3. The van der Waals surface area contributed by atoms with Crippen molar-refractivity contribution in [3.63, 3.8) is 0 Å². The number of aliphatic hydroxyl groups excluding tert-OH is 1. The molecule has 0 aliphatic heterocycles. The molecule has 0 aliphatic carbocycles. The zero-order valence-corrected chi connectivity index (χ0v) is 19.6. The Bertz CT molecular complexity index is 932. The van der Waals surface area contributed by atoms with Crippen molar-refractivity contribution in [1.29, 1.82) is 0 Å². The number of hydrogen-bond acceptors (Lipinski definition) is 6. The minimum Gasteiger partial charge on any atom is -0.497 e. The van der Waals surface area contributed by atoms with Crippen LogP contribution in [0.3, 0.4) is 0 Å². The number of carboxylic acids is 1. The quantitative estimate of drug-likeness (QED) is 0.373. The molecule has 0 bridgehead atoms. The van der Waals surface area contributed by atoms with Crippen LogP contribution in [0.4, 0.5) is 4.79 Å². The highest BCUT2D eigenvalue weighted by molar-refractivity contribution is 5.87. The first-order chi connectivity index (χ1) is 16.2. The summed E-state index contributed by atoms with van der Waals surface area (Å²) in [6, 6.07) is 13.8. The first-order valence-corrected chi connectivity index (χ1v) is 11.0. The lowest BCUT2D eigenvalue weighted by Gasteiger charge is -2.25. The molecule has 9 nitrogen and oxygen atoms in total. The fourth-order valence-corrected chi connectivity index (χ4v) is 3.31. The van der Waals surface area contributed by atoms with Gasteiger partial charge in [0, 0.05) is 0 Å². The normalized spacial score (nSPS) is 13.4. The molecule has 184 valence electrons. The van der Waals surface area contributed by atoms with E-state index in [4.69, 9.17) is 9.47 Å². The Labute approximate surface area is 199 Å². The number of aliphatic carboxylic acids is 1. The van der Waals surface area contributed by atoms with Crippen LogP contribution in [-0.4, -0.2) is 53.5 Å². The molecule has 2 unspecified atom stereocenters. The summed E-state index contributed by atoms with van der Waals surface area (Å²) >= 11 is 0. The van der Waals surface area contributed by atoms with Gasteiger partial charge in [-0.2, -0.15) is 0 Å². The zero-order chi connectivity index (χ0) is 25.1. The molecule has 0 spiro atoms. The first-order valence-electron chi connectivity index (χ1n) is 11.0. The molecular weight excluding hydrogens is 440 g/mol. The molecule has 0 aliphatic rings. The number of methoxy groups -OCH3 is 1. The van der Waals surface area contributed by atoms with E-state index in [1.54, 1.807) is 36.4 Å². The van der Waals surface area contributed by atoms with Crippen LogP contribution in [0.2, 0.25) is 0 Å². The van der Waals surface area contributed by atoms with E-state index in [9.17, 15) is 24.6 Å². The number of alkyl carbamates (subject to hydrolysis) is 1. The summed E-state index contributed by atoms with van der Waals surface area (Å²) in [7, 11) is 1.53. The minimum atomic E-state index is -1.71. The van der Waals surface area contributed by atoms with E-state index in [1.807, 2.05) is 32.0 Å². The van der Waals surface area contributed by atoms with Crippen molar-refractivity contribution in [3.05, 3.63) is 65.7 Å². The van der Waals surface area contributed by atoms with Gasteiger partial charge in [0.05, 0.1) is 13.2 Å². The van der Waals surface area contributed by atoms with Crippen LogP contribution in [0, 0.1) is 5.92 Å². The smallest absolute Gasteiger partial charge is 0.407 e. The summed E-state index contributed by atoms with van der Waals surface area (Å²) in [6.45, 7) is 3.67. The van der Waals surface area contributed by atoms with Gasteiger partial charge in [0.15, 0.2) is 6.10 Å². The number of carboxylic acid groups (broad SMARTS) is 1. The van der Waals surface area contributed by atoms with E-state index in [0.29, 0.717) is 5.75 Å². The fourth-order valence-electron chi connectivity index (χ4n) is 3.31. The number of nitrogens with one attached hydrogen (secondary N) is 2. The lowest BCUT2D eigenvalue weighted by Crippen LogP contribution is -2.54. The number of hydrogen-bond donors (Lipinski definition) is 4. The Hall–Kier alpha value is -3.59. The molecular formula is C25H32N2O7. The summed E-state index contributed by atoms with van der Waals surface area (Å²) in [6.07, 6.45) is -2.23. The number of ether oxygens (including phenoxy) is 2. The van der Waals surface area contributed by atoms with Gasteiger partial charge in [0.2, 0.25) is 0 Å². The van der Waals surface area contributed by atoms with Crippen LogP contribution in [0.5, 0.6) is 5.75 Å². The molecule has 0 aromatic heterocycles. The van der Waals surface area contributed by atoms with Crippen LogP contribution in [-0.2, 0) is 27.4 Å². The molecule has 0 fully saturated rings. The molecule has 2 rings (SSSR count). The fraction of sp³-hybridized carbons (Fsp3) is 0.400. The average Bonchev–Trinajstić information content (AvgIpc) is 2.82. The third-order valence-electron chi connectivity index (χ3n) is 5.10. The second-order valence-corrected chi connectivity index (χ2v) is 8.34. The summed E-state index contributed by atoms with van der Waals surface area (Å²) < 4.78 is 10.4. The van der Waals surface area contributed by atoms with Gasteiger partial charge in [-0.1, -0.05) is 56.3 Å². The summed E-state index contributed by atoms with van der Waals surface area (Å²) in [5.74, 6) is -1.45. The molecule has 34 heavy (non-hydrogen) atoms. The predicted molar refractivity (Wildman–Crippen MR) is 125 cm³/mol. The van der Waals surface area contributed by atoms with Crippen LogP contribution in [0.1, 0.15) is 31.4 Å². The number of carbonyl (C=O) groups excluding carboxylic acids is 2. The first kappa shape index (κ1) is 26.7. The van der Waals surface area contributed by atoms with Gasteiger partial charge in [-0.15, -0.1) is 0 Å². The van der Waals surface area contributed by atoms with Crippen molar-refractivity contribution in [1.82, 2.24) is 10.6 Å². The monoisotopic (exact) mass is 472 g/mol. The zero-order valence-electron chi connectivity index (χ0n) is 19.6. The van der Waals surface area contributed by atoms with Gasteiger partial charge in [-0.25, -0.2) is 9.59 Å². The topological polar surface area (TPSA) is 134 Å². The van der Waals surface area contributed by atoms with Crippen LogP contribution in [0.15, 0.2) is 54.6 Å². The van der Waals surface area contributed by atoms with Gasteiger partial charge in [0.1, 0.15) is 18.4 Å². The standard InChI is InChI=1S/C25H32N2O7/c1-16(2)13-21(24(30)31)26-23(29)22(28)20(14-17-9-11-19(33-3)12-10-17)27-25(32)34-15-18-7-5-4-6-8-18/h4-12,16,20-22,28H,13-15H2,1-3H3,(H,26,29)(H,27,32)(H,30,31)/t20?,21-,22?/m0/s1. The highest BCUT2D eigenvalue weighted by Gasteiger charge is 2.31. The summed E-state index contributed by atoms with van der Waals surface area (Å²) in [5.41, 5.74) is 1.50. The van der Waals surface area contributed by atoms with Gasteiger partial charge < -0.3 is 30.3 Å². The van der Waals surface area contributed by atoms with E-state index in [0.717, 1.165) is 11.1 Å². The lowest BCUT2D eigenvalue weighted by atomic mass is 9.99. The van der Waals surface area contributed by atoms with Crippen molar-refractivity contribution in [2.75, 3.05) is 7.11 Å². The predicted octanol–water partition coefficient (Wildman–Crippen LogP) is 2.51. The van der Waals surface area contributed by atoms with Crippen molar-refractivity contribution < 1.29 is 34.1 Å². The van der Waals surface area contributed by atoms with Crippen molar-refractivity contribution in [2.24, 2.45) is 5.92 Å². The maximum atomic E-state index is 12.7. The second kappa shape index (κ2) is 13.2. The average molecular weight is 473 g/mol. The number of rotatable bonds is 12. The molecule has 4 N–H and O–H groups in total. The molecule has 0 radical (unpaired) electrons. The van der Waals surface area contributed by atoms with Gasteiger partial charge >= 0.3 is 12.1 Å². The third-order valence-corrected chi connectivity index (χ3v) is 5.10. The van der Waals surface area contributed by atoms with Crippen LogP contribution in [0.25, 0.3) is 0 Å². The third kappa shape index (κ3) is 8.74. The van der Waals surface area contributed by atoms with Crippen LogP contribution >= 0.6 is 0 Å². The number of benzene rings is 2. The molecule has 0 heterocycles. The van der Waals surface area contributed by atoms with Gasteiger partial charge in [-0.05, 0) is 42.0 Å². The molecule has 0 saturated carbocycles. The minimum absolute atomic E-state index is 0.0136. The molecule has 3 atom stereocenters. The molecule has 0 saturated heterocycles. The Balaban J connectivity index is 2.12. The molecule has 2 aromatic rings. The van der Waals surface area contributed by atoms with E-state index in [1.165, 1.54) is 7.11 Å². The van der Waals surface area contributed by atoms with Gasteiger partial charge in [-0.3, -0.25) is 4.79 Å². The van der Waals surface area contributed by atoms with Gasteiger partial charge in [0.25, 0.3) is 5.91 Å². The van der Waals surface area contributed by atoms with E-state index >= 15 is 0 Å². The number of amides is 2. The van der Waals surface area contributed by atoms with E-state index < -0.39 is 36.2 Å². The Morgan fingerprint density at radius 2 is 1.59 bits per heavy atom. The Morgan fingerprint density at radius 1 is 0.941 bits per heavy atom. The summed E-state index contributed by atoms with van der Waals surface area (Å²) in [5, 5.41) is 25.0. The Morgan fingerprint density at radius 3 is 2.15 bits per heavy atom. The van der Waals surface area contributed by atoms with Crippen LogP contribution < -0.4 is 15.4 Å². The highest BCUT2D eigenvalue weighted by Crippen LogP contribution is 2.15. The molecule has 2 amide bonds. The molecule has 9 heteroatoms. The highest BCUT2D eigenvalue weighted by atomic mass is 16.5. The van der Waals surface area contributed by atoms with Crippen molar-refractivity contribution in [3.8, 4) is 5.75 Å². The summed E-state index contributed by atoms with van der Waals surface area (Å²) in [4.78, 5) is 36.6. The lowest BCUT2D eigenvalue weighted by molar-refractivity contribution is -0.144. The van der Waals surface area contributed by atoms with E-state index in [-0.39, 0.29) is 25.4 Å². The maximum absolute atomic E-state index is 12.7. The second-order valence-electron chi connectivity index (χ2n) is 8.34. The van der Waals surface area contributed by atoms with E-state index in [2.05, 4.69) is 10.6 Å². The Kier molecular flexibility index (Phi) is 10.3. The SMILES string of the molecule is COc1ccc(CC(NC(=O)OCc2ccccc2)C(O)C(=O)N[C@@H](CC(C)C)C(=O)O)cc1. The van der Waals surface area contributed by atoms with Crippen molar-refractivity contribution in [2.45, 2.75) is 51.5 Å². The largest absolute Gasteiger partial charge is 0.497 e. The number of aliphatic hydroxyl groups is 1.